The largest absolute Gasteiger partial charge is 0.358 e. The standard InChI is InChI=1S/C14H23N3O3S/c1-3-17(11-14(18)16-2)8-9-21(19,20)13-6-4-12(10-15)5-7-13/h4-7H,3,8-11,15H2,1-2H3,(H,16,18). The zero-order valence-corrected chi connectivity index (χ0v) is 13.3. The zero-order valence-electron chi connectivity index (χ0n) is 12.5. The van der Waals surface area contributed by atoms with Gasteiger partial charge in [-0.3, -0.25) is 9.69 Å². The summed E-state index contributed by atoms with van der Waals surface area (Å²) in [6, 6.07) is 6.59. The molecule has 0 unspecified atom stereocenters. The van der Waals surface area contributed by atoms with Crippen molar-refractivity contribution in [2.45, 2.75) is 18.4 Å². The smallest absolute Gasteiger partial charge is 0.233 e. The Hall–Kier alpha value is -1.44. The van der Waals surface area contributed by atoms with E-state index in [-0.39, 0.29) is 23.1 Å². The Bertz CT molecular complexity index is 555. The number of carbonyl (C=O) groups is 1. The minimum atomic E-state index is -3.35. The van der Waals surface area contributed by atoms with Crippen LogP contribution in [0.25, 0.3) is 0 Å². The molecule has 0 saturated carbocycles. The van der Waals surface area contributed by atoms with Gasteiger partial charge in [-0.05, 0) is 24.2 Å². The Morgan fingerprint density at radius 3 is 2.38 bits per heavy atom. The fraction of sp³-hybridized carbons (Fsp3) is 0.500. The van der Waals surface area contributed by atoms with Gasteiger partial charge in [0.2, 0.25) is 5.91 Å². The highest BCUT2D eigenvalue weighted by Gasteiger charge is 2.17. The van der Waals surface area contributed by atoms with Gasteiger partial charge < -0.3 is 11.1 Å². The van der Waals surface area contributed by atoms with Crippen molar-refractivity contribution in [2.75, 3.05) is 32.4 Å². The summed E-state index contributed by atoms with van der Waals surface area (Å²) in [6.45, 7) is 3.43. The maximum absolute atomic E-state index is 12.2. The van der Waals surface area contributed by atoms with E-state index in [1.807, 2.05) is 6.92 Å². The van der Waals surface area contributed by atoms with Crippen molar-refractivity contribution < 1.29 is 13.2 Å². The van der Waals surface area contributed by atoms with E-state index in [0.29, 0.717) is 19.6 Å². The molecule has 0 spiro atoms. The molecule has 3 N–H and O–H groups in total. The van der Waals surface area contributed by atoms with Crippen molar-refractivity contribution in [3.8, 4) is 0 Å². The van der Waals surface area contributed by atoms with Gasteiger partial charge in [-0.2, -0.15) is 0 Å². The third kappa shape index (κ3) is 5.45. The Morgan fingerprint density at radius 1 is 1.29 bits per heavy atom. The molecular formula is C14H23N3O3S. The Labute approximate surface area is 126 Å². The molecule has 0 fully saturated rings. The first-order valence-corrected chi connectivity index (χ1v) is 8.53. The third-order valence-corrected chi connectivity index (χ3v) is 5.00. The van der Waals surface area contributed by atoms with Gasteiger partial charge in [0, 0.05) is 20.1 Å². The van der Waals surface area contributed by atoms with Crippen molar-refractivity contribution in [3.63, 3.8) is 0 Å². The third-order valence-electron chi connectivity index (χ3n) is 3.29. The van der Waals surface area contributed by atoms with Gasteiger partial charge in [-0.15, -0.1) is 0 Å². The summed E-state index contributed by atoms with van der Waals surface area (Å²) in [4.78, 5) is 13.4. The van der Waals surface area contributed by atoms with Crippen LogP contribution in [-0.2, 0) is 21.2 Å². The average Bonchev–Trinajstić information content (AvgIpc) is 2.51. The second-order valence-corrected chi connectivity index (χ2v) is 6.82. The molecule has 21 heavy (non-hydrogen) atoms. The number of nitrogens with zero attached hydrogens (tertiary/aromatic N) is 1. The van der Waals surface area contributed by atoms with Gasteiger partial charge in [-0.1, -0.05) is 19.1 Å². The molecule has 6 nitrogen and oxygen atoms in total. The number of rotatable bonds is 8. The SMILES string of the molecule is CCN(CCS(=O)(=O)c1ccc(CN)cc1)CC(=O)NC. The van der Waals surface area contributed by atoms with E-state index in [4.69, 9.17) is 5.73 Å². The van der Waals surface area contributed by atoms with Crippen molar-refractivity contribution >= 4 is 15.7 Å². The van der Waals surface area contributed by atoms with E-state index in [9.17, 15) is 13.2 Å². The number of hydrogen-bond donors (Lipinski definition) is 2. The lowest BCUT2D eigenvalue weighted by atomic mass is 10.2. The predicted molar refractivity (Wildman–Crippen MR) is 82.6 cm³/mol. The van der Waals surface area contributed by atoms with Crippen LogP contribution in [0.4, 0.5) is 0 Å². The summed E-state index contributed by atoms with van der Waals surface area (Å²) in [7, 11) is -1.79. The molecule has 0 heterocycles. The first-order chi connectivity index (χ1) is 9.92. The van der Waals surface area contributed by atoms with E-state index in [1.165, 1.54) is 0 Å². The summed E-state index contributed by atoms with van der Waals surface area (Å²) in [5.74, 6) is -0.138. The fourth-order valence-corrected chi connectivity index (χ4v) is 3.12. The maximum atomic E-state index is 12.2. The number of amides is 1. The maximum Gasteiger partial charge on any atom is 0.233 e. The van der Waals surface area contributed by atoms with E-state index < -0.39 is 9.84 Å². The van der Waals surface area contributed by atoms with Gasteiger partial charge in [0.15, 0.2) is 9.84 Å². The predicted octanol–water partition coefficient (Wildman–Crippen LogP) is -0.0131. The molecule has 1 aromatic rings. The topological polar surface area (TPSA) is 92.5 Å². The normalized spacial score (nSPS) is 11.6. The summed E-state index contributed by atoms with van der Waals surface area (Å²) < 4.78 is 24.5. The van der Waals surface area contributed by atoms with E-state index in [2.05, 4.69) is 5.32 Å². The molecule has 0 bridgehead atoms. The first kappa shape index (κ1) is 17.6. The monoisotopic (exact) mass is 313 g/mol. The Balaban J connectivity index is 2.68. The van der Waals surface area contributed by atoms with Crippen LogP contribution in [0.5, 0.6) is 0 Å². The van der Waals surface area contributed by atoms with Gasteiger partial charge in [0.05, 0.1) is 17.2 Å². The number of benzene rings is 1. The van der Waals surface area contributed by atoms with Crippen molar-refractivity contribution in [1.29, 1.82) is 0 Å². The highest BCUT2D eigenvalue weighted by molar-refractivity contribution is 7.91. The van der Waals surface area contributed by atoms with Gasteiger partial charge >= 0.3 is 0 Å². The van der Waals surface area contributed by atoms with Crippen LogP contribution in [-0.4, -0.2) is 51.7 Å². The van der Waals surface area contributed by atoms with Crippen LogP contribution in [0.2, 0.25) is 0 Å². The molecule has 7 heteroatoms. The lowest BCUT2D eigenvalue weighted by Gasteiger charge is -2.19. The zero-order chi connectivity index (χ0) is 15.9. The van der Waals surface area contributed by atoms with Crippen LogP contribution in [0.3, 0.4) is 0 Å². The van der Waals surface area contributed by atoms with Crippen LogP contribution in [0.1, 0.15) is 12.5 Å². The van der Waals surface area contributed by atoms with E-state index in [1.54, 1.807) is 36.2 Å². The molecule has 0 saturated heterocycles. The molecule has 118 valence electrons. The average molecular weight is 313 g/mol. The second kappa shape index (κ2) is 8.11. The number of nitrogens with one attached hydrogen (secondary N) is 1. The minimum absolute atomic E-state index is 0.0141. The minimum Gasteiger partial charge on any atom is -0.358 e. The molecule has 1 amide bonds. The number of nitrogens with two attached hydrogens (primary N) is 1. The van der Waals surface area contributed by atoms with Crippen molar-refractivity contribution in [3.05, 3.63) is 29.8 Å². The molecule has 0 aliphatic heterocycles. The molecule has 0 radical (unpaired) electrons. The quantitative estimate of drug-likeness (QED) is 0.704. The Kier molecular flexibility index (Phi) is 6.80. The molecule has 0 atom stereocenters. The lowest BCUT2D eigenvalue weighted by Crippen LogP contribution is -2.38. The first-order valence-electron chi connectivity index (χ1n) is 6.87. The van der Waals surface area contributed by atoms with E-state index in [0.717, 1.165) is 5.56 Å². The molecule has 1 aromatic carbocycles. The second-order valence-electron chi connectivity index (χ2n) is 4.71. The fourth-order valence-electron chi connectivity index (χ4n) is 1.83. The summed E-state index contributed by atoms with van der Waals surface area (Å²) in [6.07, 6.45) is 0. The molecule has 0 aliphatic rings. The molecule has 0 aromatic heterocycles. The van der Waals surface area contributed by atoms with Crippen molar-refractivity contribution in [1.82, 2.24) is 10.2 Å². The van der Waals surface area contributed by atoms with Gasteiger partial charge in [0.25, 0.3) is 0 Å². The highest BCUT2D eigenvalue weighted by atomic mass is 32.2. The molecule has 1 rings (SSSR count). The molecular weight excluding hydrogens is 290 g/mol. The Morgan fingerprint density at radius 2 is 1.90 bits per heavy atom. The summed E-state index contributed by atoms with van der Waals surface area (Å²) in [5.41, 5.74) is 6.38. The summed E-state index contributed by atoms with van der Waals surface area (Å²) in [5, 5.41) is 2.53. The number of likely N-dealkylation sites (N-methyl/N-ethyl adjacent to an activating group) is 2. The molecule has 0 aliphatic carbocycles. The van der Waals surface area contributed by atoms with Crippen LogP contribution < -0.4 is 11.1 Å². The number of hydrogen-bond acceptors (Lipinski definition) is 5. The van der Waals surface area contributed by atoms with Crippen LogP contribution >= 0.6 is 0 Å². The number of carbonyl (C=O) groups excluding carboxylic acids is 1. The van der Waals surface area contributed by atoms with Crippen LogP contribution in [0, 0.1) is 0 Å². The lowest BCUT2D eigenvalue weighted by molar-refractivity contribution is -0.121. The summed E-state index contributed by atoms with van der Waals surface area (Å²) >= 11 is 0. The number of sulfone groups is 1. The van der Waals surface area contributed by atoms with Crippen molar-refractivity contribution in [2.24, 2.45) is 5.73 Å². The van der Waals surface area contributed by atoms with E-state index >= 15 is 0 Å². The van der Waals surface area contributed by atoms with Crippen LogP contribution in [0.15, 0.2) is 29.2 Å². The highest BCUT2D eigenvalue weighted by Crippen LogP contribution is 2.12. The van der Waals surface area contributed by atoms with Gasteiger partial charge in [0.1, 0.15) is 0 Å². The van der Waals surface area contributed by atoms with Gasteiger partial charge in [-0.25, -0.2) is 8.42 Å².